The first kappa shape index (κ1) is 21.1. The van der Waals surface area contributed by atoms with Gasteiger partial charge in [0.1, 0.15) is 5.82 Å². The number of imidazole rings is 1. The number of nitrogens with zero attached hydrogens (tertiary/aromatic N) is 2. The Kier molecular flexibility index (Phi) is 7.00. The molecule has 0 fully saturated rings. The van der Waals surface area contributed by atoms with E-state index in [4.69, 9.17) is 4.74 Å². The van der Waals surface area contributed by atoms with Crippen LogP contribution in [0.2, 0.25) is 0 Å². The number of pyridine rings is 1. The zero-order chi connectivity index (χ0) is 14.6. The third kappa shape index (κ3) is 3.13. The maximum Gasteiger partial charge on any atom is 0.208 e. The fourth-order valence-corrected chi connectivity index (χ4v) is 2.68. The Morgan fingerprint density at radius 3 is 2.54 bits per heavy atom. The zero-order valence-corrected chi connectivity index (χ0v) is 18.2. The average Bonchev–Trinajstić information content (AvgIpc) is 2.91. The number of aromatic nitrogens is 2. The van der Waals surface area contributed by atoms with Crippen LogP contribution in [-0.2, 0) is 52.8 Å². The van der Waals surface area contributed by atoms with E-state index in [9.17, 15) is 8.78 Å². The average molecular weight is 579 g/mol. The van der Waals surface area contributed by atoms with Gasteiger partial charge in [0.05, 0.1) is 19.0 Å². The minimum atomic E-state index is -0.420. The van der Waals surface area contributed by atoms with Crippen LogP contribution in [0.15, 0.2) is 36.5 Å². The van der Waals surface area contributed by atoms with E-state index in [0.29, 0.717) is 33.2 Å². The topological polar surface area (TPSA) is 26.5 Å². The summed E-state index contributed by atoms with van der Waals surface area (Å²) in [6.07, 6.45) is 1.58. The summed E-state index contributed by atoms with van der Waals surface area (Å²) in [7, 11) is 1.54. The second kappa shape index (κ2) is 7.96. The second-order valence-electron chi connectivity index (χ2n) is 4.73. The van der Waals surface area contributed by atoms with Crippen LogP contribution in [0.4, 0.5) is 8.78 Å². The Morgan fingerprint density at radius 2 is 1.83 bits per heavy atom. The largest absolute Gasteiger partial charge is 0.481 e. The maximum absolute atomic E-state index is 13.6. The molecule has 2 aromatic heterocycles. The number of rotatable bonds is 1. The van der Waals surface area contributed by atoms with Crippen molar-refractivity contribution in [2.75, 3.05) is 7.11 Å². The normalized spacial score (nSPS) is 10.1. The van der Waals surface area contributed by atoms with Gasteiger partial charge in [-0.1, -0.05) is 10.8 Å². The monoisotopic (exact) mass is 580 g/mol. The summed E-state index contributed by atoms with van der Waals surface area (Å²) < 4.78 is 34.2. The second-order valence-corrected chi connectivity index (χ2v) is 4.73. The summed E-state index contributed by atoms with van der Waals surface area (Å²) in [5, 5.41) is 1.78. The van der Waals surface area contributed by atoms with Gasteiger partial charge in [-0.05, 0) is 23.6 Å². The molecule has 24 heavy (non-hydrogen) atoms. The predicted molar refractivity (Wildman–Crippen MR) is 81.9 cm³/mol. The first-order valence-corrected chi connectivity index (χ1v) is 6.32. The SMILES string of the molecule is COc1cnc2c3[c-]cc(F)cc3c3cc(F)ccc3n12.[CH3-].[Ir].[Y]. The number of methoxy groups -OCH3 is 1. The zero-order valence-electron chi connectivity index (χ0n) is 12.9. The number of benzene rings is 2. The van der Waals surface area contributed by atoms with E-state index in [2.05, 4.69) is 11.1 Å². The first-order valence-electron chi connectivity index (χ1n) is 6.32. The van der Waals surface area contributed by atoms with Gasteiger partial charge in [0.15, 0.2) is 0 Å². The van der Waals surface area contributed by atoms with Crippen LogP contribution in [0.5, 0.6) is 5.88 Å². The van der Waals surface area contributed by atoms with Crippen molar-refractivity contribution < 1.29 is 66.3 Å². The van der Waals surface area contributed by atoms with Crippen molar-refractivity contribution in [3.8, 4) is 5.88 Å². The van der Waals surface area contributed by atoms with Crippen molar-refractivity contribution in [1.82, 2.24) is 9.38 Å². The standard InChI is InChI=1S/C16H9F2N2O.CH3.Ir.Y/c1-21-15-8-19-16-11-4-2-9(17)6-12(11)13-7-10(18)3-5-14(13)20(15)16;;;/h2-3,5-8H,1H3;1H3;;/q2*-1;;. The Hall–Kier alpha value is -0.937. The Bertz CT molecular complexity index is 1020. The number of halogens is 2. The van der Waals surface area contributed by atoms with Crippen molar-refractivity contribution in [3.63, 3.8) is 0 Å². The molecule has 0 aliphatic heterocycles. The molecule has 2 radical (unpaired) electrons. The van der Waals surface area contributed by atoms with Crippen molar-refractivity contribution in [2.45, 2.75) is 0 Å². The molecule has 0 saturated heterocycles. The Balaban J connectivity index is 0.000000960. The summed E-state index contributed by atoms with van der Waals surface area (Å²) in [6, 6.07) is 9.86. The molecule has 0 bridgehead atoms. The molecule has 0 aliphatic rings. The molecule has 0 spiro atoms. The van der Waals surface area contributed by atoms with E-state index in [1.165, 1.54) is 31.4 Å². The summed E-state index contributed by atoms with van der Waals surface area (Å²) in [6.45, 7) is 0. The minimum Gasteiger partial charge on any atom is -0.481 e. The Labute approximate surface area is 176 Å². The molecule has 0 saturated carbocycles. The molecule has 3 nitrogen and oxygen atoms in total. The van der Waals surface area contributed by atoms with Crippen LogP contribution in [0.3, 0.4) is 0 Å². The van der Waals surface area contributed by atoms with Crippen LogP contribution in [0.1, 0.15) is 0 Å². The third-order valence-corrected chi connectivity index (χ3v) is 3.56. The van der Waals surface area contributed by atoms with E-state index in [1.54, 1.807) is 16.7 Å². The van der Waals surface area contributed by atoms with Gasteiger partial charge in [0.2, 0.25) is 5.88 Å². The fourth-order valence-electron chi connectivity index (χ4n) is 2.68. The van der Waals surface area contributed by atoms with Crippen LogP contribution in [0, 0.1) is 25.1 Å². The van der Waals surface area contributed by atoms with Gasteiger partial charge in [-0.2, -0.15) is 0 Å². The van der Waals surface area contributed by atoms with Gasteiger partial charge >= 0.3 is 0 Å². The van der Waals surface area contributed by atoms with Gasteiger partial charge in [0.25, 0.3) is 0 Å². The van der Waals surface area contributed by atoms with Gasteiger partial charge in [-0.3, -0.25) is 9.37 Å². The maximum atomic E-state index is 13.6. The molecule has 7 heteroatoms. The van der Waals surface area contributed by atoms with E-state index in [-0.39, 0.29) is 66.1 Å². The van der Waals surface area contributed by atoms with Crippen LogP contribution in [-0.4, -0.2) is 16.5 Å². The predicted octanol–water partition coefficient (Wildman–Crippen LogP) is 4.17. The number of fused-ring (bicyclic) bond motifs is 6. The van der Waals surface area contributed by atoms with E-state index < -0.39 is 5.82 Å². The fraction of sp³-hybridized carbons (Fsp3) is 0.0588. The molecular weight excluding hydrogens is 567 g/mol. The first-order chi connectivity index (χ1) is 10.2. The van der Waals surface area contributed by atoms with Crippen LogP contribution in [0.25, 0.3) is 27.3 Å². The molecule has 0 amide bonds. The molecule has 2 aromatic carbocycles. The van der Waals surface area contributed by atoms with E-state index in [1.807, 2.05) is 0 Å². The molecule has 0 aliphatic carbocycles. The van der Waals surface area contributed by atoms with Gasteiger partial charge < -0.3 is 16.6 Å². The molecule has 124 valence electrons. The summed E-state index contributed by atoms with van der Waals surface area (Å²) >= 11 is 0. The quantitative estimate of drug-likeness (QED) is 0.250. The summed E-state index contributed by atoms with van der Waals surface area (Å²) in [5.41, 5.74) is 1.30. The van der Waals surface area contributed by atoms with Crippen molar-refractivity contribution in [3.05, 3.63) is 61.7 Å². The van der Waals surface area contributed by atoms with E-state index in [0.717, 1.165) is 0 Å². The van der Waals surface area contributed by atoms with Crippen molar-refractivity contribution in [2.24, 2.45) is 0 Å². The van der Waals surface area contributed by atoms with Crippen molar-refractivity contribution in [1.29, 1.82) is 0 Å². The number of hydrogen-bond donors (Lipinski definition) is 0. The van der Waals surface area contributed by atoms with Crippen LogP contribution >= 0.6 is 0 Å². The summed E-state index contributed by atoms with van der Waals surface area (Å²) in [5.74, 6) is -0.274. The molecule has 4 rings (SSSR count). The third-order valence-electron chi connectivity index (χ3n) is 3.56. The number of hydrogen-bond acceptors (Lipinski definition) is 2. The molecule has 0 unspecified atom stereocenters. The smallest absolute Gasteiger partial charge is 0.208 e. The minimum absolute atomic E-state index is 0. The van der Waals surface area contributed by atoms with E-state index >= 15 is 0 Å². The number of ether oxygens (including phenoxy) is 1. The summed E-state index contributed by atoms with van der Waals surface area (Å²) in [4.78, 5) is 4.31. The van der Waals surface area contributed by atoms with Crippen LogP contribution < -0.4 is 4.74 Å². The molecule has 2 heterocycles. The van der Waals surface area contributed by atoms with Gasteiger partial charge in [0, 0.05) is 64.1 Å². The Morgan fingerprint density at radius 1 is 1.12 bits per heavy atom. The molecule has 4 aromatic rings. The van der Waals surface area contributed by atoms with Crippen molar-refractivity contribution >= 4 is 27.3 Å². The molecule has 0 N–H and O–H groups in total. The van der Waals surface area contributed by atoms with Gasteiger partial charge in [-0.15, -0.1) is 18.2 Å². The van der Waals surface area contributed by atoms with Gasteiger partial charge in [-0.25, -0.2) is 4.39 Å². The molecular formula is C17H12F2IrN2OY-2. The molecule has 0 atom stereocenters.